The number of hydrogen-bond acceptors (Lipinski definition) is 4. The number of cyclic esters (lactones) is 1. The van der Waals surface area contributed by atoms with Gasteiger partial charge >= 0.3 is 5.97 Å². The maximum Gasteiger partial charge on any atom is 0.339 e. The number of anilines is 1. The van der Waals surface area contributed by atoms with Crippen LogP contribution in [0.1, 0.15) is 41.3 Å². The molecule has 0 aliphatic carbocycles. The Labute approximate surface area is 147 Å². The molecule has 1 aliphatic rings. The van der Waals surface area contributed by atoms with Crippen LogP contribution in [0.5, 0.6) is 5.75 Å². The zero-order valence-electron chi connectivity index (χ0n) is 14.5. The number of benzene rings is 2. The standard InChI is InChI=1S/C20H21NO4/c1-12(2)13-8-9-15-14(10-13)11-18(25-20(15)23)19(22)21-16-6-4-5-7-17(16)24-3/h4-10,12,18H,11H2,1-3H3,(H,21,22). The molecule has 0 fully saturated rings. The van der Waals surface area contributed by atoms with Crippen LogP contribution in [0, 0.1) is 0 Å². The highest BCUT2D eigenvalue weighted by molar-refractivity contribution is 6.00. The van der Waals surface area contributed by atoms with E-state index in [1.54, 1.807) is 24.3 Å². The van der Waals surface area contributed by atoms with Gasteiger partial charge in [0, 0.05) is 6.42 Å². The monoisotopic (exact) mass is 339 g/mol. The van der Waals surface area contributed by atoms with Gasteiger partial charge in [0.25, 0.3) is 5.91 Å². The van der Waals surface area contributed by atoms with E-state index in [1.807, 2.05) is 18.2 Å². The molecule has 1 amide bonds. The number of fused-ring (bicyclic) bond motifs is 1. The molecular weight excluding hydrogens is 318 g/mol. The van der Waals surface area contributed by atoms with Gasteiger partial charge in [-0.3, -0.25) is 4.79 Å². The zero-order valence-corrected chi connectivity index (χ0v) is 14.5. The molecule has 0 bridgehead atoms. The van der Waals surface area contributed by atoms with E-state index >= 15 is 0 Å². The molecule has 0 saturated carbocycles. The quantitative estimate of drug-likeness (QED) is 0.866. The number of para-hydroxylation sites is 2. The molecule has 3 rings (SSSR count). The highest BCUT2D eigenvalue weighted by Crippen LogP contribution is 2.27. The summed E-state index contributed by atoms with van der Waals surface area (Å²) >= 11 is 0. The molecular formula is C20H21NO4. The number of nitrogens with one attached hydrogen (secondary N) is 1. The number of methoxy groups -OCH3 is 1. The smallest absolute Gasteiger partial charge is 0.339 e. The van der Waals surface area contributed by atoms with Gasteiger partial charge in [0.15, 0.2) is 6.10 Å². The second-order valence-corrected chi connectivity index (χ2v) is 6.36. The van der Waals surface area contributed by atoms with E-state index in [2.05, 4.69) is 19.2 Å². The minimum Gasteiger partial charge on any atom is -0.495 e. The summed E-state index contributed by atoms with van der Waals surface area (Å²) in [7, 11) is 1.54. The lowest BCUT2D eigenvalue weighted by Gasteiger charge is -2.25. The lowest BCUT2D eigenvalue weighted by molar-refractivity contribution is -0.125. The van der Waals surface area contributed by atoms with Crippen molar-refractivity contribution in [1.29, 1.82) is 0 Å². The number of carbonyl (C=O) groups is 2. The molecule has 5 nitrogen and oxygen atoms in total. The maximum atomic E-state index is 12.6. The maximum absolute atomic E-state index is 12.6. The van der Waals surface area contributed by atoms with Crippen molar-refractivity contribution in [3.05, 3.63) is 59.2 Å². The molecule has 1 heterocycles. The Kier molecular flexibility index (Phi) is 4.74. The Hall–Kier alpha value is -2.82. The number of esters is 1. The second-order valence-electron chi connectivity index (χ2n) is 6.36. The molecule has 0 spiro atoms. The van der Waals surface area contributed by atoms with Crippen LogP contribution in [0.2, 0.25) is 0 Å². The molecule has 0 saturated heterocycles. The summed E-state index contributed by atoms with van der Waals surface area (Å²) in [6.45, 7) is 4.18. The third-order valence-electron chi connectivity index (χ3n) is 4.33. The first-order valence-corrected chi connectivity index (χ1v) is 8.27. The van der Waals surface area contributed by atoms with Crippen molar-refractivity contribution in [3.63, 3.8) is 0 Å². The van der Waals surface area contributed by atoms with E-state index in [4.69, 9.17) is 9.47 Å². The Balaban J connectivity index is 1.81. The van der Waals surface area contributed by atoms with Gasteiger partial charge in [0.1, 0.15) is 5.75 Å². The predicted octanol–water partition coefficient (Wildman–Crippen LogP) is 3.54. The Bertz CT molecular complexity index is 813. The Morgan fingerprint density at radius 2 is 2.00 bits per heavy atom. The summed E-state index contributed by atoms with van der Waals surface area (Å²) in [6, 6.07) is 12.8. The van der Waals surface area contributed by atoms with Gasteiger partial charge in [-0.15, -0.1) is 0 Å². The number of rotatable bonds is 4. The van der Waals surface area contributed by atoms with Gasteiger partial charge in [-0.1, -0.05) is 38.1 Å². The summed E-state index contributed by atoms with van der Waals surface area (Å²) < 4.78 is 10.6. The largest absolute Gasteiger partial charge is 0.495 e. The fourth-order valence-corrected chi connectivity index (χ4v) is 2.88. The fraction of sp³-hybridized carbons (Fsp3) is 0.300. The second kappa shape index (κ2) is 6.97. The Morgan fingerprint density at radius 3 is 2.72 bits per heavy atom. The highest BCUT2D eigenvalue weighted by atomic mass is 16.5. The van der Waals surface area contributed by atoms with Gasteiger partial charge in [-0.05, 0) is 35.2 Å². The highest BCUT2D eigenvalue weighted by Gasteiger charge is 2.32. The van der Waals surface area contributed by atoms with Crippen LogP contribution in [0.15, 0.2) is 42.5 Å². The predicted molar refractivity (Wildman–Crippen MR) is 95.1 cm³/mol. The normalized spacial score (nSPS) is 16.2. The van der Waals surface area contributed by atoms with E-state index in [0.29, 0.717) is 29.3 Å². The molecule has 5 heteroatoms. The van der Waals surface area contributed by atoms with Crippen molar-refractivity contribution >= 4 is 17.6 Å². The average Bonchev–Trinajstić information content (AvgIpc) is 2.61. The van der Waals surface area contributed by atoms with E-state index in [9.17, 15) is 9.59 Å². The molecule has 25 heavy (non-hydrogen) atoms. The molecule has 1 aliphatic heterocycles. The minimum absolute atomic E-state index is 0.351. The van der Waals surface area contributed by atoms with Gasteiger partial charge < -0.3 is 14.8 Å². The summed E-state index contributed by atoms with van der Waals surface area (Å²) in [5.74, 6) is 0.0831. The number of amides is 1. The summed E-state index contributed by atoms with van der Waals surface area (Å²) in [5.41, 5.74) is 3.07. The minimum atomic E-state index is -0.854. The lowest BCUT2D eigenvalue weighted by atomic mass is 9.92. The molecule has 2 aromatic carbocycles. The van der Waals surface area contributed by atoms with Crippen LogP contribution in [0.3, 0.4) is 0 Å². The SMILES string of the molecule is COc1ccccc1NC(=O)C1Cc2cc(C(C)C)ccc2C(=O)O1. The molecule has 0 aromatic heterocycles. The van der Waals surface area contributed by atoms with Gasteiger partial charge in [-0.2, -0.15) is 0 Å². The van der Waals surface area contributed by atoms with Crippen LogP contribution in [-0.2, 0) is 16.0 Å². The topological polar surface area (TPSA) is 64.6 Å². The first-order valence-electron chi connectivity index (χ1n) is 8.27. The van der Waals surface area contributed by atoms with Gasteiger partial charge in [0.05, 0.1) is 18.4 Å². The molecule has 1 N–H and O–H groups in total. The van der Waals surface area contributed by atoms with Gasteiger partial charge in [0.2, 0.25) is 0 Å². The van der Waals surface area contributed by atoms with Crippen molar-refractivity contribution in [2.24, 2.45) is 0 Å². The number of ether oxygens (including phenoxy) is 2. The van der Waals surface area contributed by atoms with Gasteiger partial charge in [-0.25, -0.2) is 4.79 Å². The van der Waals surface area contributed by atoms with E-state index in [0.717, 1.165) is 11.1 Å². The summed E-state index contributed by atoms with van der Waals surface area (Å²) in [5, 5.41) is 2.78. The fourth-order valence-electron chi connectivity index (χ4n) is 2.88. The van der Waals surface area contributed by atoms with Crippen molar-refractivity contribution in [1.82, 2.24) is 0 Å². The number of hydrogen-bond donors (Lipinski definition) is 1. The summed E-state index contributed by atoms with van der Waals surface area (Å²) in [6.07, 6.45) is -0.491. The molecule has 2 aromatic rings. The lowest BCUT2D eigenvalue weighted by Crippen LogP contribution is -2.38. The molecule has 1 unspecified atom stereocenters. The number of carbonyl (C=O) groups excluding carboxylic acids is 2. The van der Waals surface area contributed by atoms with Crippen molar-refractivity contribution in [2.45, 2.75) is 32.3 Å². The third-order valence-corrected chi connectivity index (χ3v) is 4.33. The first-order chi connectivity index (χ1) is 12.0. The van der Waals surface area contributed by atoms with Crippen LogP contribution >= 0.6 is 0 Å². The van der Waals surface area contributed by atoms with Crippen LogP contribution < -0.4 is 10.1 Å². The van der Waals surface area contributed by atoms with E-state index < -0.39 is 12.1 Å². The Morgan fingerprint density at radius 1 is 1.24 bits per heavy atom. The van der Waals surface area contributed by atoms with Crippen LogP contribution in [-0.4, -0.2) is 25.1 Å². The third kappa shape index (κ3) is 3.50. The zero-order chi connectivity index (χ0) is 18.0. The van der Waals surface area contributed by atoms with Crippen LogP contribution in [0.4, 0.5) is 5.69 Å². The summed E-state index contributed by atoms with van der Waals surface area (Å²) in [4.78, 5) is 24.8. The first kappa shape index (κ1) is 17.0. The molecule has 0 radical (unpaired) electrons. The molecule has 1 atom stereocenters. The van der Waals surface area contributed by atoms with Crippen molar-refractivity contribution in [2.75, 3.05) is 12.4 Å². The average molecular weight is 339 g/mol. The molecule has 130 valence electrons. The van der Waals surface area contributed by atoms with E-state index in [-0.39, 0.29) is 5.91 Å². The van der Waals surface area contributed by atoms with E-state index in [1.165, 1.54) is 7.11 Å². The van der Waals surface area contributed by atoms with Crippen molar-refractivity contribution in [3.8, 4) is 5.75 Å². The van der Waals surface area contributed by atoms with Crippen molar-refractivity contribution < 1.29 is 19.1 Å². The van der Waals surface area contributed by atoms with Crippen LogP contribution in [0.25, 0.3) is 0 Å².